The number of amides is 2. The molecular formula is CH7N3O. The number of urea groups is 1. The van der Waals surface area contributed by atoms with Crippen molar-refractivity contribution in [2.24, 2.45) is 11.5 Å². The van der Waals surface area contributed by atoms with E-state index in [0.717, 1.165) is 0 Å². The standard InChI is InChI=1S/CH4N2O.H3N/c2-1(3)4;/h(H4,2,3,4);1H3. The van der Waals surface area contributed by atoms with Gasteiger partial charge < -0.3 is 17.6 Å². The van der Waals surface area contributed by atoms with Crippen LogP contribution in [-0.4, -0.2) is 6.03 Å². The van der Waals surface area contributed by atoms with Gasteiger partial charge in [-0.3, -0.25) is 0 Å². The lowest BCUT2D eigenvalue weighted by atomic mass is 11.2. The lowest BCUT2D eigenvalue weighted by molar-refractivity contribution is 0.256. The molecule has 2 amide bonds. The average Bonchev–Trinajstić information content (AvgIpc) is 0.811. The molecule has 0 aromatic rings. The van der Waals surface area contributed by atoms with E-state index >= 15 is 0 Å². The van der Waals surface area contributed by atoms with Crippen LogP contribution in [0.4, 0.5) is 4.79 Å². The predicted molar refractivity (Wildman–Crippen MR) is 18.8 cm³/mol. The van der Waals surface area contributed by atoms with Crippen LogP contribution in [-0.2, 0) is 0 Å². The highest BCUT2D eigenvalue weighted by Crippen LogP contribution is 1.25. The summed E-state index contributed by atoms with van der Waals surface area (Å²) in [4.78, 5) is 9.00. The fourth-order valence-corrected chi connectivity index (χ4v) is 0. The maximum absolute atomic E-state index is 9.00. The van der Waals surface area contributed by atoms with E-state index in [4.69, 9.17) is 4.79 Å². The van der Waals surface area contributed by atoms with Crippen molar-refractivity contribution in [2.75, 3.05) is 0 Å². The Hall–Kier alpha value is -0.770. The highest BCUT2D eigenvalue weighted by atomic mass is 16.2. The second-order valence-electron chi connectivity index (χ2n) is 0.402. The van der Waals surface area contributed by atoms with Crippen molar-refractivity contribution in [3.05, 3.63) is 0 Å². The third kappa shape index (κ3) is 8.24. The Labute approximate surface area is 29.7 Å². The number of hydrogen-bond acceptors (Lipinski definition) is 2. The van der Waals surface area contributed by atoms with E-state index in [9.17, 15) is 0 Å². The van der Waals surface area contributed by atoms with Crippen molar-refractivity contribution in [1.82, 2.24) is 6.15 Å². The first kappa shape index (κ1) is 8.87. The first-order chi connectivity index (χ1) is 1.73. The van der Waals surface area contributed by atoms with E-state index in [2.05, 4.69) is 11.5 Å². The van der Waals surface area contributed by atoms with Crippen LogP contribution in [0.25, 0.3) is 0 Å². The first-order valence-electron chi connectivity index (χ1n) is 0.781. The van der Waals surface area contributed by atoms with E-state index in [-0.39, 0.29) is 6.15 Å². The summed E-state index contributed by atoms with van der Waals surface area (Å²) in [6, 6.07) is -0.833. The van der Waals surface area contributed by atoms with Crippen molar-refractivity contribution in [1.29, 1.82) is 0 Å². The molecule has 0 radical (unpaired) electrons. The number of hydrogen-bond donors (Lipinski definition) is 3. The van der Waals surface area contributed by atoms with Gasteiger partial charge in [-0.2, -0.15) is 0 Å². The van der Waals surface area contributed by atoms with E-state index in [1.807, 2.05) is 0 Å². The van der Waals surface area contributed by atoms with Crippen molar-refractivity contribution in [3.8, 4) is 0 Å². The Balaban J connectivity index is 0. The van der Waals surface area contributed by atoms with Crippen molar-refractivity contribution in [2.45, 2.75) is 0 Å². The minimum absolute atomic E-state index is 0. The molecule has 0 saturated carbocycles. The lowest BCUT2D eigenvalue weighted by Crippen LogP contribution is -2.18. The Morgan fingerprint density at radius 1 is 1.40 bits per heavy atom. The Morgan fingerprint density at radius 3 is 1.40 bits per heavy atom. The number of carbonyl (C=O) groups excluding carboxylic acids is 1. The normalized spacial score (nSPS) is 4.80. The van der Waals surface area contributed by atoms with Gasteiger partial charge in [-0.25, -0.2) is 4.79 Å². The summed E-state index contributed by atoms with van der Waals surface area (Å²) in [5.74, 6) is 0. The SMILES string of the molecule is N.NC(N)=O. The highest BCUT2D eigenvalue weighted by molar-refractivity contribution is 5.69. The fraction of sp³-hybridized carbons (Fsp3) is 0. The van der Waals surface area contributed by atoms with E-state index in [1.54, 1.807) is 0 Å². The van der Waals surface area contributed by atoms with Crippen LogP contribution in [0.5, 0.6) is 0 Å². The summed E-state index contributed by atoms with van der Waals surface area (Å²) >= 11 is 0. The van der Waals surface area contributed by atoms with Gasteiger partial charge in [-0.15, -0.1) is 0 Å². The molecule has 0 aromatic carbocycles. The number of rotatable bonds is 0. The smallest absolute Gasteiger partial charge is 0.309 e. The summed E-state index contributed by atoms with van der Waals surface area (Å²) in [5, 5.41) is 0. The third-order valence-electron chi connectivity index (χ3n) is 0. The number of carbonyl (C=O) groups is 1. The Morgan fingerprint density at radius 2 is 1.40 bits per heavy atom. The lowest BCUT2D eigenvalue weighted by Gasteiger charge is -1.62. The molecule has 4 nitrogen and oxygen atoms in total. The maximum atomic E-state index is 9.00. The van der Waals surface area contributed by atoms with Gasteiger partial charge in [0.15, 0.2) is 0 Å². The summed E-state index contributed by atoms with van der Waals surface area (Å²) in [7, 11) is 0. The molecule has 5 heavy (non-hydrogen) atoms. The molecule has 0 spiro atoms. The van der Waals surface area contributed by atoms with Crippen LogP contribution < -0.4 is 17.6 Å². The van der Waals surface area contributed by atoms with Gasteiger partial charge in [0.1, 0.15) is 0 Å². The molecule has 7 N–H and O–H groups in total. The molecule has 0 fully saturated rings. The molecule has 0 bridgehead atoms. The van der Waals surface area contributed by atoms with Crippen molar-refractivity contribution >= 4 is 6.03 Å². The minimum Gasteiger partial charge on any atom is -0.352 e. The molecule has 0 aliphatic heterocycles. The van der Waals surface area contributed by atoms with Crippen LogP contribution in [0, 0.1) is 0 Å². The van der Waals surface area contributed by atoms with Gasteiger partial charge in [0.25, 0.3) is 0 Å². The van der Waals surface area contributed by atoms with Crippen molar-refractivity contribution in [3.63, 3.8) is 0 Å². The second kappa shape index (κ2) is 3.23. The van der Waals surface area contributed by atoms with Gasteiger partial charge in [0, 0.05) is 0 Å². The molecule has 4 heteroatoms. The topological polar surface area (TPSA) is 104 Å². The first-order valence-corrected chi connectivity index (χ1v) is 0.781. The maximum Gasteiger partial charge on any atom is 0.309 e. The molecule has 0 atom stereocenters. The summed E-state index contributed by atoms with van der Waals surface area (Å²) < 4.78 is 0. The zero-order valence-electron chi connectivity index (χ0n) is 2.77. The van der Waals surface area contributed by atoms with Crippen LogP contribution in [0.2, 0.25) is 0 Å². The molecule has 0 saturated heterocycles. The summed E-state index contributed by atoms with van der Waals surface area (Å²) in [6.45, 7) is 0. The molecule has 0 unspecified atom stereocenters. The molecule has 32 valence electrons. The van der Waals surface area contributed by atoms with Gasteiger partial charge in [-0.05, 0) is 0 Å². The number of nitrogens with two attached hydrogens (primary N) is 2. The Kier molecular flexibility index (Phi) is 5.73. The van der Waals surface area contributed by atoms with Crippen LogP contribution in [0.3, 0.4) is 0 Å². The largest absolute Gasteiger partial charge is 0.352 e. The average molecular weight is 77.1 g/mol. The third-order valence-corrected chi connectivity index (χ3v) is 0. The summed E-state index contributed by atoms with van der Waals surface area (Å²) in [6.07, 6.45) is 0. The zero-order chi connectivity index (χ0) is 3.58. The quantitative estimate of drug-likeness (QED) is 0.351. The molecular weight excluding hydrogens is 70.0 g/mol. The molecule has 0 aliphatic rings. The van der Waals surface area contributed by atoms with E-state index in [0.29, 0.717) is 0 Å². The molecule has 0 aliphatic carbocycles. The van der Waals surface area contributed by atoms with Gasteiger partial charge >= 0.3 is 6.03 Å². The van der Waals surface area contributed by atoms with Gasteiger partial charge in [-0.1, -0.05) is 0 Å². The second-order valence-corrected chi connectivity index (χ2v) is 0.402. The monoisotopic (exact) mass is 77.1 g/mol. The van der Waals surface area contributed by atoms with Crippen LogP contribution in [0.1, 0.15) is 0 Å². The fourth-order valence-electron chi connectivity index (χ4n) is 0. The molecule has 0 rings (SSSR count). The molecule has 0 aromatic heterocycles. The van der Waals surface area contributed by atoms with Crippen LogP contribution in [0.15, 0.2) is 0 Å². The highest BCUT2D eigenvalue weighted by Gasteiger charge is 1.60. The minimum atomic E-state index is -0.833. The Bertz CT molecular complexity index is 29.9. The van der Waals surface area contributed by atoms with Gasteiger partial charge in [0.2, 0.25) is 0 Å². The van der Waals surface area contributed by atoms with Crippen LogP contribution >= 0.6 is 0 Å². The molecule has 0 heterocycles. The number of primary amides is 2. The van der Waals surface area contributed by atoms with E-state index in [1.165, 1.54) is 0 Å². The van der Waals surface area contributed by atoms with Crippen molar-refractivity contribution < 1.29 is 4.79 Å². The van der Waals surface area contributed by atoms with Gasteiger partial charge in [0.05, 0.1) is 0 Å². The van der Waals surface area contributed by atoms with E-state index < -0.39 is 6.03 Å². The summed E-state index contributed by atoms with van der Waals surface area (Å²) in [5.41, 5.74) is 8.50. The predicted octanol–water partition coefficient (Wildman–Crippen LogP) is -0.814. The zero-order valence-corrected chi connectivity index (χ0v) is 2.77.